The molecule has 1 aromatic rings. The molecule has 0 spiro atoms. The number of nitrogens with zero attached hydrogens (tertiary/aromatic N) is 2. The third-order valence-corrected chi connectivity index (χ3v) is 3.51. The Balaban J connectivity index is 2.23. The summed E-state index contributed by atoms with van der Waals surface area (Å²) in [6.07, 6.45) is -9.48. The molecule has 1 fully saturated rings. The van der Waals surface area contributed by atoms with Crippen molar-refractivity contribution in [2.45, 2.75) is 24.9 Å². The largest absolute Gasteiger partial charge is 0.487 e. The van der Waals surface area contributed by atoms with Crippen molar-refractivity contribution in [3.05, 3.63) is 33.9 Å². The maximum atomic E-state index is 14.0. The molecule has 0 saturated carbocycles. The molecular formula is C13H12F4N2O5. The van der Waals surface area contributed by atoms with Crippen molar-refractivity contribution in [2.75, 3.05) is 13.1 Å². The number of nitro groups is 1. The van der Waals surface area contributed by atoms with Gasteiger partial charge >= 0.3 is 12.3 Å². The van der Waals surface area contributed by atoms with E-state index in [1.807, 2.05) is 0 Å². The molecule has 0 unspecified atom stereocenters. The zero-order chi connectivity index (χ0) is 18.1. The Kier molecular flexibility index (Phi) is 4.81. The van der Waals surface area contributed by atoms with E-state index in [0.29, 0.717) is 6.07 Å². The first kappa shape index (κ1) is 17.8. The highest BCUT2D eigenvalue weighted by atomic mass is 19.4. The number of piperidine rings is 1. The molecule has 0 radical (unpaired) electrons. The highest BCUT2D eigenvalue weighted by Crippen LogP contribution is 2.39. The van der Waals surface area contributed by atoms with Gasteiger partial charge in [-0.1, -0.05) is 0 Å². The standard InChI is InChI=1S/C13H12F4N2O5/c14-9-6-18(12(20)21)4-3-11(9)24-10-2-1-7(19(22)23)5-8(10)13(15,16)17/h1-2,5,9,11H,3-4,6H2,(H,20,21)/t9-,11-/m0/s1. The van der Waals surface area contributed by atoms with Gasteiger partial charge in [-0.15, -0.1) is 0 Å². The average molecular weight is 352 g/mol. The van der Waals surface area contributed by atoms with Crippen molar-refractivity contribution in [1.82, 2.24) is 4.90 Å². The number of ether oxygens (including phenoxy) is 1. The van der Waals surface area contributed by atoms with Crippen molar-refractivity contribution < 1.29 is 37.1 Å². The van der Waals surface area contributed by atoms with E-state index in [0.717, 1.165) is 17.0 Å². The second kappa shape index (κ2) is 6.49. The number of halogens is 4. The van der Waals surface area contributed by atoms with Crippen LogP contribution in [0.15, 0.2) is 18.2 Å². The molecule has 1 saturated heterocycles. The zero-order valence-corrected chi connectivity index (χ0v) is 12.0. The van der Waals surface area contributed by atoms with E-state index in [1.54, 1.807) is 0 Å². The number of nitro benzene ring substituents is 1. The van der Waals surface area contributed by atoms with E-state index in [2.05, 4.69) is 0 Å². The predicted octanol–water partition coefficient (Wildman–Crippen LogP) is 3.08. The average Bonchev–Trinajstić information content (AvgIpc) is 2.48. The SMILES string of the molecule is O=C(O)N1CC[C@H](Oc2ccc([N+](=O)[O-])cc2C(F)(F)F)[C@@H](F)C1. The third-order valence-electron chi connectivity index (χ3n) is 3.51. The van der Waals surface area contributed by atoms with Crippen LogP contribution in [0.4, 0.5) is 28.0 Å². The molecule has 132 valence electrons. The lowest BCUT2D eigenvalue weighted by Gasteiger charge is -2.33. The Hall–Kier alpha value is -2.59. The highest BCUT2D eigenvalue weighted by molar-refractivity contribution is 5.65. The van der Waals surface area contributed by atoms with Gasteiger partial charge in [-0.2, -0.15) is 13.2 Å². The Morgan fingerprint density at radius 1 is 1.42 bits per heavy atom. The van der Waals surface area contributed by atoms with Crippen molar-refractivity contribution in [1.29, 1.82) is 0 Å². The topological polar surface area (TPSA) is 92.9 Å². The summed E-state index contributed by atoms with van der Waals surface area (Å²) in [6, 6.07) is 1.90. The Labute approximate surface area is 132 Å². The first-order valence-electron chi connectivity index (χ1n) is 6.74. The van der Waals surface area contributed by atoms with Crippen LogP contribution in [0.25, 0.3) is 0 Å². The maximum absolute atomic E-state index is 14.0. The second-order valence-corrected chi connectivity index (χ2v) is 5.12. The molecule has 1 aromatic carbocycles. The first-order valence-corrected chi connectivity index (χ1v) is 6.74. The van der Waals surface area contributed by atoms with Gasteiger partial charge in [-0.25, -0.2) is 9.18 Å². The van der Waals surface area contributed by atoms with Crippen LogP contribution in [0, 0.1) is 10.1 Å². The van der Waals surface area contributed by atoms with Crippen LogP contribution in [0.5, 0.6) is 5.75 Å². The van der Waals surface area contributed by atoms with Gasteiger partial charge in [0.05, 0.1) is 11.5 Å². The van der Waals surface area contributed by atoms with Gasteiger partial charge in [-0.3, -0.25) is 10.1 Å². The number of rotatable bonds is 3. The third kappa shape index (κ3) is 3.84. The number of amides is 1. The highest BCUT2D eigenvalue weighted by Gasteiger charge is 2.39. The minimum Gasteiger partial charge on any atom is -0.487 e. The Morgan fingerprint density at radius 2 is 2.08 bits per heavy atom. The van der Waals surface area contributed by atoms with Crippen molar-refractivity contribution in [3.63, 3.8) is 0 Å². The number of hydrogen-bond donors (Lipinski definition) is 1. The molecule has 1 heterocycles. The van der Waals surface area contributed by atoms with Crippen LogP contribution in [-0.4, -0.2) is 46.4 Å². The molecular weight excluding hydrogens is 340 g/mol. The fraction of sp³-hybridized carbons (Fsp3) is 0.462. The zero-order valence-electron chi connectivity index (χ0n) is 12.0. The number of non-ortho nitro benzene ring substituents is 1. The summed E-state index contributed by atoms with van der Waals surface area (Å²) in [5.41, 5.74) is -2.16. The van der Waals surface area contributed by atoms with Crippen molar-refractivity contribution >= 4 is 11.8 Å². The van der Waals surface area contributed by atoms with Crippen LogP contribution in [0.2, 0.25) is 0 Å². The summed E-state index contributed by atoms with van der Waals surface area (Å²) in [5, 5.41) is 19.4. The van der Waals surface area contributed by atoms with Gasteiger partial charge in [0.15, 0.2) is 6.17 Å². The van der Waals surface area contributed by atoms with Gasteiger partial charge in [0.2, 0.25) is 0 Å². The molecule has 11 heteroatoms. The molecule has 0 aliphatic carbocycles. The van der Waals surface area contributed by atoms with E-state index in [9.17, 15) is 32.5 Å². The smallest absolute Gasteiger partial charge is 0.420 e. The first-order chi connectivity index (χ1) is 11.1. The monoisotopic (exact) mass is 352 g/mol. The molecule has 2 rings (SSSR count). The lowest BCUT2D eigenvalue weighted by Crippen LogP contribution is -2.48. The number of hydrogen-bond acceptors (Lipinski definition) is 4. The predicted molar refractivity (Wildman–Crippen MR) is 71.6 cm³/mol. The minimum absolute atomic E-state index is 0.0885. The van der Waals surface area contributed by atoms with Crippen LogP contribution < -0.4 is 4.74 Å². The summed E-state index contributed by atoms with van der Waals surface area (Å²) >= 11 is 0. The molecule has 7 nitrogen and oxygen atoms in total. The fourth-order valence-corrected chi connectivity index (χ4v) is 2.31. The maximum Gasteiger partial charge on any atom is 0.420 e. The van der Waals surface area contributed by atoms with E-state index in [1.165, 1.54) is 0 Å². The summed E-state index contributed by atoms with van der Waals surface area (Å²) < 4.78 is 58.1. The van der Waals surface area contributed by atoms with Gasteiger partial charge in [0.1, 0.15) is 17.4 Å². The van der Waals surface area contributed by atoms with E-state index >= 15 is 0 Å². The molecule has 0 bridgehead atoms. The molecule has 1 aliphatic heterocycles. The Morgan fingerprint density at radius 3 is 2.58 bits per heavy atom. The number of benzene rings is 1. The number of carbonyl (C=O) groups is 1. The van der Waals surface area contributed by atoms with Crippen LogP contribution in [0.1, 0.15) is 12.0 Å². The van der Waals surface area contributed by atoms with Crippen molar-refractivity contribution in [2.24, 2.45) is 0 Å². The summed E-state index contributed by atoms with van der Waals surface area (Å²) in [6.45, 7) is -0.608. The Bertz CT molecular complexity index is 652. The lowest BCUT2D eigenvalue weighted by atomic mass is 10.1. The number of likely N-dealkylation sites (tertiary alicyclic amines) is 1. The summed E-state index contributed by atoms with van der Waals surface area (Å²) in [7, 11) is 0. The lowest BCUT2D eigenvalue weighted by molar-refractivity contribution is -0.385. The second-order valence-electron chi connectivity index (χ2n) is 5.12. The molecule has 2 atom stereocenters. The van der Waals surface area contributed by atoms with Gasteiger partial charge in [-0.05, 0) is 6.07 Å². The van der Waals surface area contributed by atoms with E-state index in [4.69, 9.17) is 9.84 Å². The normalized spacial score (nSPS) is 21.4. The molecule has 24 heavy (non-hydrogen) atoms. The number of alkyl halides is 4. The molecule has 1 amide bonds. The van der Waals surface area contributed by atoms with Crippen LogP contribution >= 0.6 is 0 Å². The fourth-order valence-electron chi connectivity index (χ4n) is 2.31. The summed E-state index contributed by atoms with van der Waals surface area (Å²) in [5.74, 6) is -0.732. The summed E-state index contributed by atoms with van der Waals surface area (Å²) in [4.78, 5) is 21.2. The van der Waals surface area contributed by atoms with Gasteiger partial charge in [0.25, 0.3) is 5.69 Å². The van der Waals surface area contributed by atoms with Gasteiger partial charge < -0.3 is 14.7 Å². The minimum atomic E-state index is -4.92. The van der Waals surface area contributed by atoms with E-state index < -0.39 is 53.0 Å². The molecule has 0 aromatic heterocycles. The number of carboxylic acid groups (broad SMARTS) is 1. The molecule has 1 aliphatic rings. The van der Waals surface area contributed by atoms with Crippen LogP contribution in [-0.2, 0) is 6.18 Å². The van der Waals surface area contributed by atoms with Gasteiger partial charge in [0, 0.05) is 25.1 Å². The molecule has 1 N–H and O–H groups in total. The van der Waals surface area contributed by atoms with Crippen molar-refractivity contribution in [3.8, 4) is 5.75 Å². The quantitative estimate of drug-likeness (QED) is 0.513. The van der Waals surface area contributed by atoms with Crippen LogP contribution in [0.3, 0.4) is 0 Å². The van der Waals surface area contributed by atoms with E-state index in [-0.39, 0.29) is 13.0 Å².